The quantitative estimate of drug-likeness (QED) is 0.917. The van der Waals surface area contributed by atoms with Crippen LogP contribution in [0.3, 0.4) is 0 Å². The molecule has 0 radical (unpaired) electrons. The van der Waals surface area contributed by atoms with Crippen LogP contribution in [0.2, 0.25) is 0 Å². The fourth-order valence-corrected chi connectivity index (χ4v) is 3.20. The van der Waals surface area contributed by atoms with Crippen LogP contribution in [0.4, 0.5) is 5.69 Å². The van der Waals surface area contributed by atoms with Crippen LogP contribution >= 0.6 is 0 Å². The molecular formula is C17H24N4. The molecule has 3 rings (SSSR count). The SMILES string of the molecule is Cc1ncc(CN(C)CC2CCN(c3ccccc3)C2)[nH]1. The Balaban J connectivity index is 1.50. The monoisotopic (exact) mass is 284 g/mol. The molecule has 1 atom stereocenters. The summed E-state index contributed by atoms with van der Waals surface area (Å²) in [6, 6.07) is 10.7. The number of anilines is 1. The molecule has 4 nitrogen and oxygen atoms in total. The van der Waals surface area contributed by atoms with Crippen molar-refractivity contribution in [1.82, 2.24) is 14.9 Å². The molecule has 0 aliphatic carbocycles. The van der Waals surface area contributed by atoms with Crippen molar-refractivity contribution in [3.8, 4) is 0 Å². The van der Waals surface area contributed by atoms with E-state index in [9.17, 15) is 0 Å². The molecule has 0 bridgehead atoms. The molecule has 112 valence electrons. The van der Waals surface area contributed by atoms with Crippen LogP contribution in [-0.4, -0.2) is 41.5 Å². The number of aryl methyl sites for hydroxylation is 1. The Hall–Kier alpha value is -1.81. The summed E-state index contributed by atoms with van der Waals surface area (Å²) in [6.07, 6.45) is 3.22. The second-order valence-corrected chi connectivity index (χ2v) is 6.13. The molecule has 0 spiro atoms. The van der Waals surface area contributed by atoms with Gasteiger partial charge in [-0.15, -0.1) is 0 Å². The van der Waals surface area contributed by atoms with Crippen molar-refractivity contribution in [2.45, 2.75) is 19.9 Å². The second kappa shape index (κ2) is 6.31. The molecule has 1 saturated heterocycles. The van der Waals surface area contributed by atoms with Crippen LogP contribution in [0.1, 0.15) is 17.9 Å². The van der Waals surface area contributed by atoms with Crippen LogP contribution in [0.25, 0.3) is 0 Å². The van der Waals surface area contributed by atoms with Gasteiger partial charge in [-0.05, 0) is 38.4 Å². The van der Waals surface area contributed by atoms with E-state index < -0.39 is 0 Å². The molecule has 1 aromatic heterocycles. The smallest absolute Gasteiger partial charge is 0.103 e. The summed E-state index contributed by atoms with van der Waals surface area (Å²) in [6.45, 7) is 6.42. The number of para-hydroxylation sites is 1. The topological polar surface area (TPSA) is 35.2 Å². The highest BCUT2D eigenvalue weighted by Crippen LogP contribution is 2.24. The van der Waals surface area contributed by atoms with Gasteiger partial charge in [0, 0.05) is 43.8 Å². The minimum absolute atomic E-state index is 0.749. The third-order valence-corrected chi connectivity index (χ3v) is 4.17. The van der Waals surface area contributed by atoms with Crippen LogP contribution in [-0.2, 0) is 6.54 Å². The minimum Gasteiger partial charge on any atom is -0.371 e. The Kier molecular flexibility index (Phi) is 4.25. The van der Waals surface area contributed by atoms with E-state index >= 15 is 0 Å². The standard InChI is InChI=1S/C17H24N4/c1-14-18-10-16(19-14)13-20(2)11-15-8-9-21(12-15)17-6-4-3-5-7-17/h3-7,10,15H,8-9,11-13H2,1-2H3,(H,18,19). The van der Waals surface area contributed by atoms with Crippen LogP contribution < -0.4 is 4.90 Å². The number of rotatable bonds is 5. The first-order chi connectivity index (χ1) is 10.2. The minimum atomic E-state index is 0.749. The zero-order valence-corrected chi connectivity index (χ0v) is 12.9. The molecule has 2 aromatic rings. The third kappa shape index (κ3) is 3.64. The van der Waals surface area contributed by atoms with Gasteiger partial charge in [0.2, 0.25) is 0 Å². The van der Waals surface area contributed by atoms with Gasteiger partial charge in [0.25, 0.3) is 0 Å². The molecule has 1 unspecified atom stereocenters. The highest BCUT2D eigenvalue weighted by molar-refractivity contribution is 5.46. The Labute approximate surface area is 126 Å². The van der Waals surface area contributed by atoms with Gasteiger partial charge >= 0.3 is 0 Å². The first kappa shape index (κ1) is 14.1. The average Bonchev–Trinajstić information content (AvgIpc) is 3.09. The number of nitrogens with one attached hydrogen (secondary N) is 1. The lowest BCUT2D eigenvalue weighted by atomic mass is 10.1. The summed E-state index contributed by atoms with van der Waals surface area (Å²) in [7, 11) is 2.20. The Morgan fingerprint density at radius 2 is 2.14 bits per heavy atom. The number of hydrogen-bond donors (Lipinski definition) is 1. The third-order valence-electron chi connectivity index (χ3n) is 4.17. The highest BCUT2D eigenvalue weighted by Gasteiger charge is 2.23. The maximum absolute atomic E-state index is 4.26. The lowest BCUT2D eigenvalue weighted by molar-refractivity contribution is 0.277. The lowest BCUT2D eigenvalue weighted by Gasteiger charge is -2.22. The zero-order chi connectivity index (χ0) is 14.7. The van der Waals surface area contributed by atoms with Crippen molar-refractivity contribution in [2.24, 2.45) is 5.92 Å². The molecule has 0 saturated carbocycles. The molecule has 21 heavy (non-hydrogen) atoms. The van der Waals surface area contributed by atoms with Crippen LogP contribution in [0.5, 0.6) is 0 Å². The largest absolute Gasteiger partial charge is 0.371 e. The fraction of sp³-hybridized carbons (Fsp3) is 0.471. The Morgan fingerprint density at radius 1 is 1.33 bits per heavy atom. The van der Waals surface area contributed by atoms with Crippen molar-refractivity contribution in [2.75, 3.05) is 31.6 Å². The van der Waals surface area contributed by atoms with Crippen molar-refractivity contribution in [3.63, 3.8) is 0 Å². The Morgan fingerprint density at radius 3 is 2.86 bits per heavy atom. The molecular weight excluding hydrogens is 260 g/mol. The van der Waals surface area contributed by atoms with Crippen molar-refractivity contribution in [1.29, 1.82) is 0 Å². The molecule has 1 aliphatic heterocycles. The van der Waals surface area contributed by atoms with E-state index in [1.54, 1.807) is 0 Å². The van der Waals surface area contributed by atoms with Crippen molar-refractivity contribution < 1.29 is 0 Å². The Bertz CT molecular complexity index is 563. The number of aromatic nitrogens is 2. The summed E-state index contributed by atoms with van der Waals surface area (Å²) in [5, 5.41) is 0. The molecule has 0 amide bonds. The van der Waals surface area contributed by atoms with Crippen LogP contribution in [0.15, 0.2) is 36.5 Å². The summed E-state index contributed by atoms with van der Waals surface area (Å²) >= 11 is 0. The van der Waals surface area contributed by atoms with Gasteiger partial charge in [-0.1, -0.05) is 18.2 Å². The van der Waals surface area contributed by atoms with E-state index in [1.165, 1.54) is 24.3 Å². The van der Waals surface area contributed by atoms with Crippen molar-refractivity contribution >= 4 is 5.69 Å². The number of benzene rings is 1. The second-order valence-electron chi connectivity index (χ2n) is 6.13. The van der Waals surface area contributed by atoms with Gasteiger partial charge < -0.3 is 14.8 Å². The van der Waals surface area contributed by atoms with E-state index in [2.05, 4.69) is 57.1 Å². The fourth-order valence-electron chi connectivity index (χ4n) is 3.20. The lowest BCUT2D eigenvalue weighted by Crippen LogP contribution is -2.28. The summed E-state index contributed by atoms with van der Waals surface area (Å²) in [5.74, 6) is 1.74. The first-order valence-electron chi connectivity index (χ1n) is 7.70. The molecule has 1 N–H and O–H groups in total. The molecule has 2 heterocycles. The van der Waals surface area contributed by atoms with E-state index in [0.717, 1.165) is 31.4 Å². The zero-order valence-electron chi connectivity index (χ0n) is 12.9. The van der Waals surface area contributed by atoms with E-state index in [1.807, 2.05) is 13.1 Å². The first-order valence-corrected chi connectivity index (χ1v) is 7.70. The predicted molar refractivity (Wildman–Crippen MR) is 86.4 cm³/mol. The number of hydrogen-bond acceptors (Lipinski definition) is 3. The van der Waals surface area contributed by atoms with E-state index in [4.69, 9.17) is 0 Å². The average molecular weight is 284 g/mol. The van der Waals surface area contributed by atoms with Crippen LogP contribution in [0, 0.1) is 12.8 Å². The number of imidazole rings is 1. The highest BCUT2D eigenvalue weighted by atomic mass is 15.2. The van der Waals surface area contributed by atoms with Gasteiger partial charge in [-0.2, -0.15) is 0 Å². The van der Waals surface area contributed by atoms with E-state index in [0.29, 0.717) is 0 Å². The van der Waals surface area contributed by atoms with Gasteiger partial charge in [-0.25, -0.2) is 4.98 Å². The number of nitrogens with zero attached hydrogens (tertiary/aromatic N) is 3. The summed E-state index contributed by atoms with van der Waals surface area (Å²) in [4.78, 5) is 12.5. The predicted octanol–water partition coefficient (Wildman–Crippen LogP) is 2.68. The number of H-pyrrole nitrogens is 1. The summed E-state index contributed by atoms with van der Waals surface area (Å²) in [5.41, 5.74) is 2.56. The van der Waals surface area contributed by atoms with E-state index in [-0.39, 0.29) is 0 Å². The molecule has 1 fully saturated rings. The maximum atomic E-state index is 4.26. The molecule has 1 aliphatic rings. The molecule has 1 aromatic carbocycles. The van der Waals surface area contributed by atoms with Gasteiger partial charge in [0.05, 0.1) is 0 Å². The van der Waals surface area contributed by atoms with Crippen molar-refractivity contribution in [3.05, 3.63) is 48.0 Å². The number of aromatic amines is 1. The summed E-state index contributed by atoms with van der Waals surface area (Å²) < 4.78 is 0. The normalized spacial score (nSPS) is 18.6. The van der Waals surface area contributed by atoms with Gasteiger partial charge in [0.1, 0.15) is 5.82 Å². The van der Waals surface area contributed by atoms with Gasteiger partial charge in [-0.3, -0.25) is 0 Å². The van der Waals surface area contributed by atoms with Gasteiger partial charge in [0.15, 0.2) is 0 Å². The maximum Gasteiger partial charge on any atom is 0.103 e. The molecule has 4 heteroatoms.